The van der Waals surface area contributed by atoms with E-state index in [9.17, 15) is 0 Å². The summed E-state index contributed by atoms with van der Waals surface area (Å²) in [6, 6.07) is 0. The molecule has 1 aromatic heterocycles. The number of aromatic nitrogens is 2. The van der Waals surface area contributed by atoms with E-state index in [2.05, 4.69) is 10.1 Å². The molecule has 0 atom stereocenters. The van der Waals surface area contributed by atoms with Gasteiger partial charge in [0.15, 0.2) is 5.82 Å². The maximum absolute atomic E-state index is 6.39. The molecule has 5 nitrogen and oxygen atoms in total. The summed E-state index contributed by atoms with van der Waals surface area (Å²) in [5.41, 5.74) is 5.98. The lowest BCUT2D eigenvalue weighted by Gasteiger charge is -2.33. The average molecular weight is 237 g/mol. The van der Waals surface area contributed by atoms with Crippen molar-refractivity contribution < 1.29 is 9.26 Å². The summed E-state index contributed by atoms with van der Waals surface area (Å²) in [4.78, 5) is 4.47. The Morgan fingerprint density at radius 3 is 2.59 bits per heavy atom. The van der Waals surface area contributed by atoms with Crippen LogP contribution in [0.2, 0.25) is 0 Å². The Hall–Kier alpha value is -0.940. The SMILES string of the molecule is COC1CCC(N)(c2noc(C3CC3)n2)CC1. The van der Waals surface area contributed by atoms with Gasteiger partial charge >= 0.3 is 0 Å². The van der Waals surface area contributed by atoms with E-state index >= 15 is 0 Å². The number of hydrogen-bond donors (Lipinski definition) is 1. The van der Waals surface area contributed by atoms with Gasteiger partial charge in [-0.3, -0.25) is 0 Å². The molecular weight excluding hydrogens is 218 g/mol. The van der Waals surface area contributed by atoms with E-state index in [0.717, 1.165) is 31.6 Å². The van der Waals surface area contributed by atoms with Crippen LogP contribution in [0.15, 0.2) is 4.52 Å². The first-order valence-corrected chi connectivity index (χ1v) is 6.37. The second-order valence-corrected chi connectivity index (χ2v) is 5.32. The molecule has 0 bridgehead atoms. The molecule has 0 unspecified atom stereocenters. The van der Waals surface area contributed by atoms with E-state index in [0.29, 0.717) is 17.8 Å². The van der Waals surface area contributed by atoms with Crippen LogP contribution in [-0.4, -0.2) is 23.4 Å². The van der Waals surface area contributed by atoms with Gasteiger partial charge in [0.05, 0.1) is 11.6 Å². The highest BCUT2D eigenvalue weighted by molar-refractivity contribution is 5.09. The fourth-order valence-corrected chi connectivity index (χ4v) is 2.50. The lowest BCUT2D eigenvalue weighted by molar-refractivity contribution is 0.0472. The molecule has 0 aliphatic heterocycles. The fraction of sp³-hybridized carbons (Fsp3) is 0.833. The van der Waals surface area contributed by atoms with E-state index in [-0.39, 0.29) is 0 Å². The number of nitrogens with zero attached hydrogens (tertiary/aromatic N) is 2. The van der Waals surface area contributed by atoms with Crippen molar-refractivity contribution in [3.05, 3.63) is 11.7 Å². The molecule has 2 fully saturated rings. The third-order valence-corrected chi connectivity index (χ3v) is 3.97. The lowest BCUT2D eigenvalue weighted by atomic mass is 9.80. The van der Waals surface area contributed by atoms with E-state index in [1.54, 1.807) is 7.11 Å². The molecule has 0 radical (unpaired) electrons. The summed E-state index contributed by atoms with van der Waals surface area (Å²) >= 11 is 0. The summed E-state index contributed by atoms with van der Waals surface area (Å²) < 4.78 is 10.6. The van der Waals surface area contributed by atoms with E-state index < -0.39 is 5.54 Å². The molecule has 17 heavy (non-hydrogen) atoms. The van der Waals surface area contributed by atoms with Crippen molar-refractivity contribution in [2.75, 3.05) is 7.11 Å². The largest absolute Gasteiger partial charge is 0.381 e. The van der Waals surface area contributed by atoms with Gasteiger partial charge in [-0.2, -0.15) is 4.98 Å². The highest BCUT2D eigenvalue weighted by Gasteiger charge is 2.39. The highest BCUT2D eigenvalue weighted by atomic mass is 16.5. The highest BCUT2D eigenvalue weighted by Crippen LogP contribution is 2.40. The molecule has 3 rings (SSSR count). The van der Waals surface area contributed by atoms with Gasteiger partial charge in [-0.25, -0.2) is 0 Å². The van der Waals surface area contributed by atoms with Crippen molar-refractivity contribution in [3.63, 3.8) is 0 Å². The zero-order valence-electron chi connectivity index (χ0n) is 10.2. The van der Waals surface area contributed by atoms with Crippen LogP contribution < -0.4 is 5.73 Å². The molecule has 2 aliphatic carbocycles. The molecule has 0 saturated heterocycles. The van der Waals surface area contributed by atoms with Gasteiger partial charge in [-0.05, 0) is 38.5 Å². The van der Waals surface area contributed by atoms with Gasteiger partial charge in [-0.15, -0.1) is 0 Å². The minimum atomic E-state index is -0.411. The molecule has 94 valence electrons. The number of methoxy groups -OCH3 is 1. The molecule has 2 aliphatic rings. The van der Waals surface area contributed by atoms with Crippen molar-refractivity contribution in [2.45, 2.75) is 56.1 Å². The van der Waals surface area contributed by atoms with Crippen molar-refractivity contribution in [1.82, 2.24) is 10.1 Å². The second kappa shape index (κ2) is 4.07. The second-order valence-electron chi connectivity index (χ2n) is 5.32. The molecular formula is C12H19N3O2. The van der Waals surface area contributed by atoms with Crippen LogP contribution in [0.4, 0.5) is 0 Å². The lowest BCUT2D eigenvalue weighted by Crippen LogP contribution is -2.42. The van der Waals surface area contributed by atoms with Crippen molar-refractivity contribution in [1.29, 1.82) is 0 Å². The van der Waals surface area contributed by atoms with Gasteiger partial charge in [0.25, 0.3) is 0 Å². The van der Waals surface area contributed by atoms with E-state index in [1.807, 2.05) is 0 Å². The zero-order valence-corrected chi connectivity index (χ0v) is 10.2. The first-order valence-electron chi connectivity index (χ1n) is 6.37. The van der Waals surface area contributed by atoms with Crippen LogP contribution in [-0.2, 0) is 10.3 Å². The average Bonchev–Trinajstić information content (AvgIpc) is 3.08. The van der Waals surface area contributed by atoms with Crippen molar-refractivity contribution in [2.24, 2.45) is 5.73 Å². The number of rotatable bonds is 3. The normalized spacial score (nSPS) is 33.9. The molecule has 2 saturated carbocycles. The van der Waals surface area contributed by atoms with Crippen molar-refractivity contribution >= 4 is 0 Å². The molecule has 0 spiro atoms. The predicted octanol–water partition coefficient (Wildman–Crippen LogP) is 1.69. The summed E-state index contributed by atoms with van der Waals surface area (Å²) in [7, 11) is 1.76. The number of ether oxygens (including phenoxy) is 1. The Bertz CT molecular complexity index is 392. The van der Waals surface area contributed by atoms with Crippen LogP contribution in [0.3, 0.4) is 0 Å². The molecule has 0 amide bonds. The molecule has 5 heteroatoms. The monoisotopic (exact) mass is 237 g/mol. The molecule has 0 aromatic carbocycles. The quantitative estimate of drug-likeness (QED) is 0.865. The molecule has 2 N–H and O–H groups in total. The van der Waals surface area contributed by atoms with Crippen LogP contribution >= 0.6 is 0 Å². The van der Waals surface area contributed by atoms with Gasteiger partial charge in [0, 0.05) is 13.0 Å². The Kier molecular flexibility index (Phi) is 2.67. The summed E-state index contributed by atoms with van der Waals surface area (Å²) in [5, 5.41) is 4.07. The van der Waals surface area contributed by atoms with Crippen LogP contribution in [0, 0.1) is 0 Å². The summed E-state index contributed by atoms with van der Waals surface area (Å²) in [5.74, 6) is 1.96. The maximum atomic E-state index is 6.39. The molecule has 1 aromatic rings. The zero-order chi connectivity index (χ0) is 11.9. The van der Waals surface area contributed by atoms with Gasteiger partial charge in [0.1, 0.15) is 0 Å². The third kappa shape index (κ3) is 2.09. The Morgan fingerprint density at radius 1 is 1.29 bits per heavy atom. The number of hydrogen-bond acceptors (Lipinski definition) is 5. The van der Waals surface area contributed by atoms with Crippen molar-refractivity contribution in [3.8, 4) is 0 Å². The maximum Gasteiger partial charge on any atom is 0.229 e. The standard InChI is InChI=1S/C12H19N3O2/c1-16-9-4-6-12(13,7-5-9)11-14-10(17-15-11)8-2-3-8/h8-9H,2-7,13H2,1H3. The number of nitrogens with two attached hydrogens (primary N) is 1. The van der Waals surface area contributed by atoms with Crippen LogP contribution in [0.25, 0.3) is 0 Å². The summed E-state index contributed by atoms with van der Waals surface area (Å²) in [6.45, 7) is 0. The Labute approximate surface area is 101 Å². The minimum absolute atomic E-state index is 0.335. The minimum Gasteiger partial charge on any atom is -0.381 e. The smallest absolute Gasteiger partial charge is 0.229 e. The van der Waals surface area contributed by atoms with Crippen LogP contribution in [0.1, 0.15) is 56.2 Å². The fourth-order valence-electron chi connectivity index (χ4n) is 2.50. The first kappa shape index (κ1) is 11.2. The summed E-state index contributed by atoms with van der Waals surface area (Å²) in [6.07, 6.45) is 6.36. The predicted molar refractivity (Wildman–Crippen MR) is 61.4 cm³/mol. The van der Waals surface area contributed by atoms with Gasteiger partial charge in [-0.1, -0.05) is 5.16 Å². The Balaban J connectivity index is 1.73. The van der Waals surface area contributed by atoms with Crippen LogP contribution in [0.5, 0.6) is 0 Å². The molecule has 1 heterocycles. The topological polar surface area (TPSA) is 74.2 Å². The van der Waals surface area contributed by atoms with Gasteiger partial charge in [0.2, 0.25) is 5.89 Å². The first-order chi connectivity index (χ1) is 8.21. The van der Waals surface area contributed by atoms with Gasteiger partial charge < -0.3 is 15.0 Å². The third-order valence-electron chi connectivity index (χ3n) is 3.97. The Morgan fingerprint density at radius 2 is 2.00 bits per heavy atom. The van der Waals surface area contributed by atoms with E-state index in [4.69, 9.17) is 15.0 Å². The van der Waals surface area contributed by atoms with E-state index in [1.165, 1.54) is 12.8 Å².